The van der Waals surface area contributed by atoms with E-state index in [9.17, 15) is 9.59 Å². The SMILES string of the molecule is Cc1ncc(C(=O)N2CCCC(C(=O)O)C2)c(C)n1. The molecule has 2 heterocycles. The van der Waals surface area contributed by atoms with Crippen molar-refractivity contribution in [3.63, 3.8) is 0 Å². The molecule has 1 saturated heterocycles. The van der Waals surface area contributed by atoms with E-state index in [-0.39, 0.29) is 12.5 Å². The average molecular weight is 263 g/mol. The summed E-state index contributed by atoms with van der Waals surface area (Å²) in [5.74, 6) is -0.863. The number of aliphatic carboxylic acids is 1. The molecule has 1 aromatic heterocycles. The van der Waals surface area contributed by atoms with Crippen molar-refractivity contribution in [2.75, 3.05) is 13.1 Å². The zero-order valence-corrected chi connectivity index (χ0v) is 11.1. The van der Waals surface area contributed by atoms with E-state index in [4.69, 9.17) is 5.11 Å². The van der Waals surface area contributed by atoms with Gasteiger partial charge >= 0.3 is 5.97 Å². The molecule has 0 aliphatic carbocycles. The topological polar surface area (TPSA) is 83.4 Å². The van der Waals surface area contributed by atoms with E-state index in [0.29, 0.717) is 36.5 Å². The van der Waals surface area contributed by atoms with Crippen LogP contribution in [0.4, 0.5) is 0 Å². The summed E-state index contributed by atoms with van der Waals surface area (Å²) in [5.41, 5.74) is 1.09. The molecule has 1 N–H and O–H groups in total. The fraction of sp³-hybridized carbons (Fsp3) is 0.538. The molecular formula is C13H17N3O3. The van der Waals surface area contributed by atoms with Gasteiger partial charge in [-0.2, -0.15) is 0 Å². The van der Waals surface area contributed by atoms with Crippen molar-refractivity contribution in [2.24, 2.45) is 5.92 Å². The van der Waals surface area contributed by atoms with Gasteiger partial charge in [0.15, 0.2) is 0 Å². The summed E-state index contributed by atoms with van der Waals surface area (Å²) in [6, 6.07) is 0. The van der Waals surface area contributed by atoms with Gasteiger partial charge in [0, 0.05) is 19.3 Å². The van der Waals surface area contributed by atoms with Crippen molar-refractivity contribution in [1.82, 2.24) is 14.9 Å². The van der Waals surface area contributed by atoms with Crippen LogP contribution in [-0.4, -0.2) is 44.9 Å². The van der Waals surface area contributed by atoms with E-state index in [1.54, 1.807) is 18.7 Å². The van der Waals surface area contributed by atoms with Gasteiger partial charge in [-0.05, 0) is 26.7 Å². The van der Waals surface area contributed by atoms with Crippen LogP contribution in [-0.2, 0) is 4.79 Å². The molecule has 1 fully saturated rings. The number of likely N-dealkylation sites (tertiary alicyclic amines) is 1. The molecule has 19 heavy (non-hydrogen) atoms. The lowest BCUT2D eigenvalue weighted by Gasteiger charge is -2.30. The maximum atomic E-state index is 12.4. The van der Waals surface area contributed by atoms with Crippen LogP contribution >= 0.6 is 0 Å². The Bertz CT molecular complexity index is 516. The first-order chi connectivity index (χ1) is 8.99. The molecule has 0 spiro atoms. The van der Waals surface area contributed by atoms with E-state index in [1.165, 1.54) is 6.20 Å². The molecule has 1 aliphatic rings. The fourth-order valence-electron chi connectivity index (χ4n) is 2.33. The van der Waals surface area contributed by atoms with Crippen molar-refractivity contribution in [3.8, 4) is 0 Å². The van der Waals surface area contributed by atoms with E-state index < -0.39 is 11.9 Å². The van der Waals surface area contributed by atoms with Crippen LogP contribution < -0.4 is 0 Å². The molecule has 0 saturated carbocycles. The highest BCUT2D eigenvalue weighted by molar-refractivity contribution is 5.95. The molecule has 1 aliphatic heterocycles. The molecule has 1 unspecified atom stereocenters. The van der Waals surface area contributed by atoms with Crippen LogP contribution in [0.2, 0.25) is 0 Å². The number of amides is 1. The third kappa shape index (κ3) is 2.89. The number of piperidine rings is 1. The summed E-state index contributed by atoms with van der Waals surface area (Å²) in [7, 11) is 0. The molecule has 102 valence electrons. The van der Waals surface area contributed by atoms with Gasteiger partial charge in [-0.25, -0.2) is 9.97 Å². The monoisotopic (exact) mass is 263 g/mol. The lowest BCUT2D eigenvalue weighted by atomic mass is 9.97. The van der Waals surface area contributed by atoms with Gasteiger partial charge in [0.25, 0.3) is 5.91 Å². The molecule has 0 bridgehead atoms. The van der Waals surface area contributed by atoms with Gasteiger partial charge in [0.1, 0.15) is 5.82 Å². The van der Waals surface area contributed by atoms with Crippen LogP contribution in [0.25, 0.3) is 0 Å². The van der Waals surface area contributed by atoms with E-state index in [0.717, 1.165) is 0 Å². The zero-order valence-electron chi connectivity index (χ0n) is 11.1. The maximum Gasteiger partial charge on any atom is 0.308 e. The second-order valence-electron chi connectivity index (χ2n) is 4.84. The molecule has 1 atom stereocenters. The van der Waals surface area contributed by atoms with Crippen molar-refractivity contribution >= 4 is 11.9 Å². The lowest BCUT2D eigenvalue weighted by Crippen LogP contribution is -2.42. The normalized spacial score (nSPS) is 19.3. The Labute approximate surface area is 111 Å². The molecule has 1 amide bonds. The Hall–Kier alpha value is -1.98. The van der Waals surface area contributed by atoms with Crippen molar-refractivity contribution in [2.45, 2.75) is 26.7 Å². The maximum absolute atomic E-state index is 12.4. The number of carboxylic acid groups (broad SMARTS) is 1. The van der Waals surface area contributed by atoms with Crippen LogP contribution in [0.15, 0.2) is 6.20 Å². The summed E-state index contributed by atoms with van der Waals surface area (Å²) in [6.45, 7) is 4.39. The fourth-order valence-corrected chi connectivity index (χ4v) is 2.33. The number of hydrogen-bond acceptors (Lipinski definition) is 4. The average Bonchev–Trinajstić information content (AvgIpc) is 2.38. The smallest absolute Gasteiger partial charge is 0.308 e. The molecule has 0 aromatic carbocycles. The highest BCUT2D eigenvalue weighted by Gasteiger charge is 2.29. The summed E-state index contributed by atoms with van der Waals surface area (Å²) < 4.78 is 0. The Morgan fingerprint density at radius 2 is 2.16 bits per heavy atom. The predicted molar refractivity (Wildman–Crippen MR) is 67.8 cm³/mol. The Balaban J connectivity index is 2.17. The van der Waals surface area contributed by atoms with Gasteiger partial charge in [-0.15, -0.1) is 0 Å². The summed E-state index contributed by atoms with van der Waals surface area (Å²) >= 11 is 0. The summed E-state index contributed by atoms with van der Waals surface area (Å²) in [4.78, 5) is 33.2. The van der Waals surface area contributed by atoms with Crippen LogP contribution in [0.1, 0.15) is 34.7 Å². The second kappa shape index (κ2) is 5.34. The number of carbonyl (C=O) groups is 2. The Kier molecular flexibility index (Phi) is 3.78. The number of rotatable bonds is 2. The number of hydrogen-bond donors (Lipinski definition) is 1. The minimum atomic E-state index is -0.839. The van der Waals surface area contributed by atoms with Crippen molar-refractivity contribution < 1.29 is 14.7 Å². The van der Waals surface area contributed by atoms with Crippen LogP contribution in [0.3, 0.4) is 0 Å². The van der Waals surface area contributed by atoms with E-state index >= 15 is 0 Å². The number of aryl methyl sites for hydroxylation is 2. The Morgan fingerprint density at radius 3 is 2.79 bits per heavy atom. The van der Waals surface area contributed by atoms with Gasteiger partial charge in [0.05, 0.1) is 17.2 Å². The predicted octanol–water partition coefficient (Wildman–Crippen LogP) is 1.03. The first kappa shape index (κ1) is 13.5. The molecule has 1 aromatic rings. The van der Waals surface area contributed by atoms with Gasteiger partial charge in [0.2, 0.25) is 0 Å². The van der Waals surface area contributed by atoms with E-state index in [2.05, 4.69) is 9.97 Å². The molecule has 6 nitrogen and oxygen atoms in total. The third-order valence-corrected chi connectivity index (χ3v) is 3.39. The number of nitrogens with zero attached hydrogens (tertiary/aromatic N) is 3. The minimum Gasteiger partial charge on any atom is -0.481 e. The minimum absolute atomic E-state index is 0.177. The van der Waals surface area contributed by atoms with Gasteiger partial charge in [-0.3, -0.25) is 9.59 Å². The largest absolute Gasteiger partial charge is 0.481 e. The molecular weight excluding hydrogens is 246 g/mol. The summed E-state index contributed by atoms with van der Waals surface area (Å²) in [6.07, 6.45) is 2.86. The van der Waals surface area contributed by atoms with Gasteiger partial charge in [-0.1, -0.05) is 0 Å². The lowest BCUT2D eigenvalue weighted by molar-refractivity contribution is -0.143. The standard InChI is InChI=1S/C13H17N3O3/c1-8-11(6-14-9(2)15-8)12(17)16-5-3-4-10(7-16)13(18)19/h6,10H,3-5,7H2,1-2H3,(H,18,19). The van der Waals surface area contributed by atoms with Crippen molar-refractivity contribution in [1.29, 1.82) is 0 Å². The third-order valence-electron chi connectivity index (χ3n) is 3.39. The van der Waals surface area contributed by atoms with Crippen LogP contribution in [0, 0.1) is 19.8 Å². The van der Waals surface area contributed by atoms with E-state index in [1.807, 2.05) is 0 Å². The van der Waals surface area contributed by atoms with Gasteiger partial charge < -0.3 is 10.0 Å². The highest BCUT2D eigenvalue weighted by atomic mass is 16.4. The first-order valence-corrected chi connectivity index (χ1v) is 6.31. The number of carbonyl (C=O) groups excluding carboxylic acids is 1. The number of carboxylic acids is 1. The molecule has 6 heteroatoms. The number of aromatic nitrogens is 2. The van der Waals surface area contributed by atoms with Crippen LogP contribution in [0.5, 0.6) is 0 Å². The second-order valence-corrected chi connectivity index (χ2v) is 4.84. The zero-order chi connectivity index (χ0) is 14.0. The summed E-state index contributed by atoms with van der Waals surface area (Å²) in [5, 5.41) is 9.04. The first-order valence-electron chi connectivity index (χ1n) is 6.31. The molecule has 2 rings (SSSR count). The van der Waals surface area contributed by atoms with Crippen molar-refractivity contribution in [3.05, 3.63) is 23.3 Å². The highest BCUT2D eigenvalue weighted by Crippen LogP contribution is 2.19. The quantitative estimate of drug-likeness (QED) is 0.861. The molecule has 0 radical (unpaired) electrons. The Morgan fingerprint density at radius 1 is 1.42 bits per heavy atom.